The van der Waals surface area contributed by atoms with Crippen molar-refractivity contribution in [2.24, 2.45) is 10.9 Å². The highest BCUT2D eigenvalue weighted by atomic mass is 19.1. The summed E-state index contributed by atoms with van der Waals surface area (Å²) in [6, 6.07) is 4.33. The topological polar surface area (TPSA) is 71.1 Å². The molecular formula is C12H16FN3O2. The van der Waals surface area contributed by atoms with Crippen molar-refractivity contribution in [1.82, 2.24) is 4.90 Å². The van der Waals surface area contributed by atoms with Crippen LogP contribution in [0.4, 0.5) is 4.39 Å². The molecule has 0 spiro atoms. The van der Waals surface area contributed by atoms with Crippen molar-refractivity contribution < 1.29 is 14.3 Å². The highest BCUT2D eigenvalue weighted by Gasteiger charge is 2.15. The lowest BCUT2D eigenvalue weighted by Gasteiger charge is -2.27. The molecule has 1 fully saturated rings. The molecule has 0 amide bonds. The predicted octanol–water partition coefficient (Wildman–Crippen LogP) is 0.752. The van der Waals surface area contributed by atoms with Crippen molar-refractivity contribution >= 4 is 5.84 Å². The maximum atomic E-state index is 13.2. The highest BCUT2D eigenvalue weighted by molar-refractivity contribution is 5.98. The molecule has 0 radical (unpaired) electrons. The first-order valence-corrected chi connectivity index (χ1v) is 5.77. The van der Waals surface area contributed by atoms with Gasteiger partial charge in [-0.25, -0.2) is 4.39 Å². The van der Waals surface area contributed by atoms with Gasteiger partial charge in [-0.05, 0) is 17.7 Å². The molecule has 1 aliphatic heterocycles. The molecular weight excluding hydrogens is 237 g/mol. The van der Waals surface area contributed by atoms with Gasteiger partial charge < -0.3 is 15.7 Å². The van der Waals surface area contributed by atoms with Gasteiger partial charge in [0.2, 0.25) is 0 Å². The minimum absolute atomic E-state index is 0.0715. The van der Waals surface area contributed by atoms with Crippen LogP contribution < -0.4 is 5.73 Å². The van der Waals surface area contributed by atoms with Crippen LogP contribution in [0.3, 0.4) is 0 Å². The third-order valence-corrected chi connectivity index (χ3v) is 2.95. The van der Waals surface area contributed by atoms with Crippen molar-refractivity contribution in [2.75, 3.05) is 26.3 Å². The molecule has 1 saturated heterocycles. The summed E-state index contributed by atoms with van der Waals surface area (Å²) in [5.74, 6) is -0.472. The standard InChI is InChI=1S/C12H16FN3O2/c13-10-2-1-9(11(7-10)12(14)15-17)8-16-3-5-18-6-4-16/h1-2,7,17H,3-6,8H2,(H2,14,15). The van der Waals surface area contributed by atoms with Crippen molar-refractivity contribution in [3.63, 3.8) is 0 Å². The molecule has 6 heteroatoms. The molecule has 0 aliphatic carbocycles. The van der Waals surface area contributed by atoms with E-state index in [4.69, 9.17) is 15.7 Å². The molecule has 1 aromatic rings. The molecule has 98 valence electrons. The van der Waals surface area contributed by atoms with Gasteiger partial charge in [-0.3, -0.25) is 4.90 Å². The Morgan fingerprint density at radius 1 is 1.44 bits per heavy atom. The largest absolute Gasteiger partial charge is 0.409 e. The van der Waals surface area contributed by atoms with Crippen molar-refractivity contribution in [3.05, 3.63) is 35.1 Å². The molecule has 5 nitrogen and oxygen atoms in total. The number of nitrogens with zero attached hydrogens (tertiary/aromatic N) is 2. The minimum Gasteiger partial charge on any atom is -0.409 e. The zero-order chi connectivity index (χ0) is 13.0. The number of benzene rings is 1. The van der Waals surface area contributed by atoms with Gasteiger partial charge in [0, 0.05) is 25.2 Å². The van der Waals surface area contributed by atoms with Crippen LogP contribution in [0.5, 0.6) is 0 Å². The summed E-state index contributed by atoms with van der Waals surface area (Å²) >= 11 is 0. The van der Waals surface area contributed by atoms with Crippen molar-refractivity contribution in [3.8, 4) is 0 Å². The second kappa shape index (κ2) is 5.79. The number of nitrogens with two attached hydrogens (primary N) is 1. The van der Waals surface area contributed by atoms with E-state index >= 15 is 0 Å². The fourth-order valence-corrected chi connectivity index (χ4v) is 1.98. The van der Waals surface area contributed by atoms with Crippen molar-refractivity contribution in [2.45, 2.75) is 6.54 Å². The third-order valence-electron chi connectivity index (χ3n) is 2.95. The average Bonchev–Trinajstić information content (AvgIpc) is 2.41. The summed E-state index contributed by atoms with van der Waals surface area (Å²) in [5, 5.41) is 11.7. The zero-order valence-electron chi connectivity index (χ0n) is 9.97. The minimum atomic E-state index is -0.401. The number of halogens is 1. The molecule has 0 unspecified atom stereocenters. The summed E-state index contributed by atoms with van der Waals surface area (Å²) in [6.07, 6.45) is 0. The van der Waals surface area contributed by atoms with Crippen molar-refractivity contribution in [1.29, 1.82) is 0 Å². The number of rotatable bonds is 3. The zero-order valence-corrected chi connectivity index (χ0v) is 9.97. The lowest BCUT2D eigenvalue weighted by molar-refractivity contribution is 0.0341. The van der Waals surface area contributed by atoms with Gasteiger partial charge in [0.05, 0.1) is 13.2 Å². The van der Waals surface area contributed by atoms with Crippen LogP contribution in [-0.4, -0.2) is 42.2 Å². The molecule has 1 aromatic carbocycles. The van der Waals surface area contributed by atoms with Gasteiger partial charge in [-0.2, -0.15) is 0 Å². The van der Waals surface area contributed by atoms with E-state index in [9.17, 15) is 4.39 Å². The van der Waals surface area contributed by atoms with E-state index in [0.29, 0.717) is 25.3 Å². The van der Waals surface area contributed by atoms with Gasteiger partial charge in [-0.15, -0.1) is 0 Å². The van der Waals surface area contributed by atoms with Crippen LogP contribution in [0.25, 0.3) is 0 Å². The average molecular weight is 253 g/mol. The molecule has 1 heterocycles. The number of ether oxygens (including phenoxy) is 1. The van der Waals surface area contributed by atoms with Crippen LogP contribution >= 0.6 is 0 Å². The van der Waals surface area contributed by atoms with Crippen LogP contribution in [0.1, 0.15) is 11.1 Å². The predicted molar refractivity (Wildman–Crippen MR) is 65.0 cm³/mol. The molecule has 0 bridgehead atoms. The smallest absolute Gasteiger partial charge is 0.170 e. The summed E-state index contributed by atoms with van der Waals surface area (Å²) in [6.45, 7) is 3.68. The van der Waals surface area contributed by atoms with E-state index in [0.717, 1.165) is 18.7 Å². The Bertz CT molecular complexity index is 445. The Labute approximate surface area is 105 Å². The maximum Gasteiger partial charge on any atom is 0.170 e. The van der Waals surface area contributed by atoms with E-state index in [1.54, 1.807) is 6.07 Å². The fraction of sp³-hybridized carbons (Fsp3) is 0.417. The molecule has 0 aromatic heterocycles. The van der Waals surface area contributed by atoms with E-state index in [1.165, 1.54) is 12.1 Å². The Morgan fingerprint density at radius 2 is 2.17 bits per heavy atom. The van der Waals surface area contributed by atoms with Crippen LogP contribution in [0.2, 0.25) is 0 Å². The number of amidine groups is 1. The van der Waals surface area contributed by atoms with Crippen LogP contribution in [0.15, 0.2) is 23.4 Å². The summed E-state index contributed by atoms with van der Waals surface area (Å²) in [5.41, 5.74) is 6.83. The first-order valence-electron chi connectivity index (χ1n) is 5.77. The van der Waals surface area contributed by atoms with E-state index < -0.39 is 5.82 Å². The van der Waals surface area contributed by atoms with Crippen LogP contribution in [-0.2, 0) is 11.3 Å². The Kier molecular flexibility index (Phi) is 4.11. The first kappa shape index (κ1) is 12.8. The monoisotopic (exact) mass is 253 g/mol. The SMILES string of the molecule is NC(=NO)c1cc(F)ccc1CN1CCOCC1. The van der Waals surface area contributed by atoms with E-state index in [2.05, 4.69) is 10.1 Å². The summed E-state index contributed by atoms with van der Waals surface area (Å²) in [7, 11) is 0. The Morgan fingerprint density at radius 3 is 2.83 bits per heavy atom. The molecule has 3 N–H and O–H groups in total. The van der Waals surface area contributed by atoms with Crippen LogP contribution in [0, 0.1) is 5.82 Å². The first-order chi connectivity index (χ1) is 8.70. The van der Waals surface area contributed by atoms with Gasteiger partial charge in [0.15, 0.2) is 5.84 Å². The fourth-order valence-electron chi connectivity index (χ4n) is 1.98. The van der Waals surface area contributed by atoms with Gasteiger partial charge in [0.25, 0.3) is 0 Å². The molecule has 1 aliphatic rings. The van der Waals surface area contributed by atoms with E-state index in [-0.39, 0.29) is 5.84 Å². The van der Waals surface area contributed by atoms with Gasteiger partial charge in [-0.1, -0.05) is 11.2 Å². The summed E-state index contributed by atoms with van der Waals surface area (Å²) < 4.78 is 18.5. The number of hydrogen-bond acceptors (Lipinski definition) is 4. The maximum absolute atomic E-state index is 13.2. The second-order valence-corrected chi connectivity index (χ2v) is 4.18. The molecule has 0 atom stereocenters. The van der Waals surface area contributed by atoms with E-state index in [1.807, 2.05) is 0 Å². The Hall–Kier alpha value is -1.66. The lowest BCUT2D eigenvalue weighted by atomic mass is 10.1. The highest BCUT2D eigenvalue weighted by Crippen LogP contribution is 2.14. The summed E-state index contributed by atoms with van der Waals surface area (Å²) in [4.78, 5) is 2.19. The third kappa shape index (κ3) is 2.96. The molecule has 2 rings (SSSR count). The number of morpholine rings is 1. The quantitative estimate of drug-likeness (QED) is 0.361. The number of oxime groups is 1. The second-order valence-electron chi connectivity index (χ2n) is 4.18. The van der Waals surface area contributed by atoms with Gasteiger partial charge in [0.1, 0.15) is 5.82 Å². The number of hydrogen-bond donors (Lipinski definition) is 2. The molecule has 18 heavy (non-hydrogen) atoms. The Balaban J connectivity index is 2.20. The van der Waals surface area contributed by atoms with Gasteiger partial charge >= 0.3 is 0 Å². The molecule has 0 saturated carbocycles. The normalized spacial score (nSPS) is 17.9. The lowest BCUT2D eigenvalue weighted by Crippen LogP contribution is -2.36.